The van der Waals surface area contributed by atoms with Crippen molar-refractivity contribution in [2.45, 2.75) is 51.8 Å². The maximum Gasteiger partial charge on any atom is 0.263 e. The van der Waals surface area contributed by atoms with Gasteiger partial charge in [0, 0.05) is 23.1 Å². The van der Waals surface area contributed by atoms with Crippen molar-refractivity contribution >= 4 is 17.2 Å². The second-order valence-corrected chi connectivity index (χ2v) is 8.70. The molecule has 0 spiro atoms. The lowest BCUT2D eigenvalue weighted by Crippen LogP contribution is -2.31. The van der Waals surface area contributed by atoms with E-state index < -0.39 is 0 Å². The number of azide groups is 1. The Morgan fingerprint density at radius 1 is 1.50 bits per heavy atom. The van der Waals surface area contributed by atoms with Crippen LogP contribution in [0.25, 0.3) is 21.0 Å². The number of thiazole rings is 1. The predicted octanol–water partition coefficient (Wildman–Crippen LogP) is 4.62. The molecule has 0 radical (unpaired) electrons. The van der Waals surface area contributed by atoms with Gasteiger partial charge in [-0.05, 0) is 64.4 Å². The van der Waals surface area contributed by atoms with E-state index in [9.17, 15) is 4.79 Å². The first-order valence-electron chi connectivity index (χ1n) is 10.2. The van der Waals surface area contributed by atoms with Gasteiger partial charge in [0.25, 0.3) is 5.91 Å². The fraction of sp³-hybridized carbons (Fsp3) is 0.524. The van der Waals surface area contributed by atoms with Crippen molar-refractivity contribution in [3.05, 3.63) is 45.3 Å². The Balaban J connectivity index is 1.75. The Bertz CT molecular complexity index is 922. The summed E-state index contributed by atoms with van der Waals surface area (Å²) in [5, 5.41) is 7.33. The van der Waals surface area contributed by atoms with Gasteiger partial charge in [0.1, 0.15) is 15.6 Å². The molecule has 160 valence electrons. The Kier molecular flexibility index (Phi) is 7.68. The van der Waals surface area contributed by atoms with E-state index in [0.717, 1.165) is 24.3 Å². The SMILES string of the molecule is CC(C)Oc1cccc(-c2nc(CN=[N+]=[N-])c(C(=O)NCCC3CCCN3C)s2)c1. The number of nitrogens with one attached hydrogen (secondary N) is 1. The van der Waals surface area contributed by atoms with Crippen LogP contribution in [0.1, 0.15) is 48.5 Å². The topological polar surface area (TPSA) is 103 Å². The van der Waals surface area contributed by atoms with Gasteiger partial charge in [0.15, 0.2) is 0 Å². The maximum atomic E-state index is 12.8. The highest BCUT2D eigenvalue weighted by Crippen LogP contribution is 2.31. The molecule has 1 aromatic carbocycles. The number of amides is 1. The summed E-state index contributed by atoms with van der Waals surface area (Å²) >= 11 is 1.31. The Morgan fingerprint density at radius 3 is 3.03 bits per heavy atom. The number of rotatable bonds is 9. The molecular weight excluding hydrogens is 400 g/mol. The van der Waals surface area contributed by atoms with Crippen molar-refractivity contribution in [2.24, 2.45) is 5.11 Å². The number of benzene rings is 1. The van der Waals surface area contributed by atoms with Crippen LogP contribution in [0.15, 0.2) is 29.4 Å². The third kappa shape index (κ3) is 5.72. The zero-order chi connectivity index (χ0) is 21.5. The molecule has 1 aliphatic rings. The number of likely N-dealkylation sites (tertiary alicyclic amines) is 1. The largest absolute Gasteiger partial charge is 0.491 e. The summed E-state index contributed by atoms with van der Waals surface area (Å²) in [7, 11) is 2.13. The lowest BCUT2D eigenvalue weighted by molar-refractivity contribution is 0.0953. The van der Waals surface area contributed by atoms with Gasteiger partial charge < -0.3 is 15.0 Å². The van der Waals surface area contributed by atoms with Crippen LogP contribution in [0.4, 0.5) is 0 Å². The molecule has 8 nitrogen and oxygen atoms in total. The van der Waals surface area contributed by atoms with E-state index in [-0.39, 0.29) is 18.6 Å². The van der Waals surface area contributed by atoms with Gasteiger partial charge >= 0.3 is 0 Å². The third-order valence-electron chi connectivity index (χ3n) is 5.07. The number of carbonyl (C=O) groups excluding carboxylic acids is 1. The maximum absolute atomic E-state index is 12.8. The predicted molar refractivity (Wildman–Crippen MR) is 119 cm³/mol. The summed E-state index contributed by atoms with van der Waals surface area (Å²) in [5.74, 6) is 0.582. The summed E-state index contributed by atoms with van der Waals surface area (Å²) in [4.78, 5) is 23.1. The molecular formula is C21H28N6O2S. The summed E-state index contributed by atoms with van der Waals surface area (Å²) in [6.45, 7) is 5.72. The molecule has 1 unspecified atom stereocenters. The number of ether oxygens (including phenoxy) is 1. The van der Waals surface area contributed by atoms with Crippen LogP contribution in [0.5, 0.6) is 5.75 Å². The number of hydrogen-bond acceptors (Lipinski definition) is 6. The number of aromatic nitrogens is 1. The average Bonchev–Trinajstić information content (AvgIpc) is 3.32. The first-order valence-corrected chi connectivity index (χ1v) is 11.1. The smallest absolute Gasteiger partial charge is 0.263 e. The molecule has 30 heavy (non-hydrogen) atoms. The summed E-state index contributed by atoms with van der Waals surface area (Å²) < 4.78 is 5.76. The van der Waals surface area contributed by atoms with E-state index in [1.165, 1.54) is 24.2 Å². The van der Waals surface area contributed by atoms with E-state index in [2.05, 4.69) is 32.3 Å². The first kappa shape index (κ1) is 22.1. The first-order chi connectivity index (χ1) is 14.5. The standard InChI is InChI=1S/C21H28N6O2S/c1-14(2)29-17-8-4-6-15(12-17)21-25-18(13-24-26-22)19(30-21)20(28)23-10-9-16-7-5-11-27(16)3/h4,6,8,12,14,16H,5,7,9-11,13H2,1-3H3,(H,23,28). The molecule has 1 saturated heterocycles. The lowest BCUT2D eigenvalue weighted by atomic mass is 10.1. The van der Waals surface area contributed by atoms with Crippen LogP contribution in [0.2, 0.25) is 0 Å². The molecule has 0 aliphatic carbocycles. The van der Waals surface area contributed by atoms with Crippen molar-refractivity contribution in [3.63, 3.8) is 0 Å². The van der Waals surface area contributed by atoms with Crippen LogP contribution < -0.4 is 10.1 Å². The minimum absolute atomic E-state index is 0.0449. The van der Waals surface area contributed by atoms with E-state index in [1.807, 2.05) is 38.1 Å². The summed E-state index contributed by atoms with van der Waals surface area (Å²) in [5.41, 5.74) is 10.1. The quantitative estimate of drug-likeness (QED) is 0.357. The van der Waals surface area contributed by atoms with Gasteiger partial charge in [-0.1, -0.05) is 17.2 Å². The van der Waals surface area contributed by atoms with Crippen LogP contribution in [0, 0.1) is 0 Å². The minimum Gasteiger partial charge on any atom is -0.491 e. The van der Waals surface area contributed by atoms with Gasteiger partial charge in [-0.2, -0.15) is 0 Å². The van der Waals surface area contributed by atoms with Crippen LogP contribution >= 0.6 is 11.3 Å². The van der Waals surface area contributed by atoms with Gasteiger partial charge in [0.05, 0.1) is 18.3 Å². The lowest BCUT2D eigenvalue weighted by Gasteiger charge is -2.19. The molecule has 0 bridgehead atoms. The molecule has 9 heteroatoms. The number of nitrogens with zero attached hydrogens (tertiary/aromatic N) is 5. The summed E-state index contributed by atoms with van der Waals surface area (Å²) in [6.07, 6.45) is 3.38. The monoisotopic (exact) mass is 428 g/mol. The van der Waals surface area contributed by atoms with E-state index in [0.29, 0.717) is 28.2 Å². The van der Waals surface area contributed by atoms with Gasteiger partial charge in [-0.3, -0.25) is 4.79 Å². The number of hydrogen-bond donors (Lipinski definition) is 1. The summed E-state index contributed by atoms with van der Waals surface area (Å²) in [6, 6.07) is 8.16. The van der Waals surface area contributed by atoms with Crippen LogP contribution in [-0.4, -0.2) is 48.1 Å². The van der Waals surface area contributed by atoms with Crippen molar-refractivity contribution in [1.82, 2.24) is 15.2 Å². The number of carbonyl (C=O) groups is 1. The zero-order valence-corrected chi connectivity index (χ0v) is 18.5. The van der Waals surface area contributed by atoms with Crippen molar-refractivity contribution in [3.8, 4) is 16.3 Å². The normalized spacial score (nSPS) is 16.5. The molecule has 1 N–H and O–H groups in total. The van der Waals surface area contributed by atoms with Gasteiger partial charge in [-0.25, -0.2) is 4.98 Å². The Labute approximate surface area is 180 Å². The van der Waals surface area contributed by atoms with E-state index in [4.69, 9.17) is 10.3 Å². The molecule has 1 atom stereocenters. The third-order valence-corrected chi connectivity index (χ3v) is 6.22. The molecule has 1 amide bonds. The van der Waals surface area contributed by atoms with Gasteiger partial charge in [0.2, 0.25) is 0 Å². The van der Waals surface area contributed by atoms with E-state index >= 15 is 0 Å². The molecule has 1 fully saturated rings. The highest BCUT2D eigenvalue weighted by atomic mass is 32.1. The second-order valence-electron chi connectivity index (χ2n) is 7.70. The Morgan fingerprint density at radius 2 is 2.33 bits per heavy atom. The van der Waals surface area contributed by atoms with Crippen molar-refractivity contribution in [1.29, 1.82) is 0 Å². The molecule has 0 saturated carbocycles. The highest BCUT2D eigenvalue weighted by molar-refractivity contribution is 7.17. The second kappa shape index (κ2) is 10.4. The highest BCUT2D eigenvalue weighted by Gasteiger charge is 2.22. The molecule has 1 aromatic heterocycles. The molecule has 2 heterocycles. The Hall–Kier alpha value is -2.61. The van der Waals surface area contributed by atoms with Crippen LogP contribution in [-0.2, 0) is 6.54 Å². The molecule has 1 aliphatic heterocycles. The van der Waals surface area contributed by atoms with Crippen molar-refractivity contribution in [2.75, 3.05) is 20.1 Å². The fourth-order valence-electron chi connectivity index (χ4n) is 3.61. The van der Waals surface area contributed by atoms with Crippen LogP contribution in [0.3, 0.4) is 0 Å². The van der Waals surface area contributed by atoms with Gasteiger partial charge in [-0.15, -0.1) is 11.3 Å². The van der Waals surface area contributed by atoms with E-state index in [1.54, 1.807) is 0 Å². The average molecular weight is 429 g/mol. The molecule has 3 rings (SSSR count). The fourth-order valence-corrected chi connectivity index (χ4v) is 4.60. The van der Waals surface area contributed by atoms with Crippen molar-refractivity contribution < 1.29 is 9.53 Å². The molecule has 2 aromatic rings. The zero-order valence-electron chi connectivity index (χ0n) is 17.7. The minimum atomic E-state index is -0.169.